The summed E-state index contributed by atoms with van der Waals surface area (Å²) in [6.45, 7) is 5.05. The summed E-state index contributed by atoms with van der Waals surface area (Å²) in [6, 6.07) is 8.25. The van der Waals surface area contributed by atoms with Gasteiger partial charge in [0.1, 0.15) is 0 Å². The van der Waals surface area contributed by atoms with Crippen LogP contribution < -0.4 is 5.76 Å². The Bertz CT molecular complexity index is 614. The molecular weight excluding hydrogens is 240 g/mol. The van der Waals surface area contributed by atoms with Crippen molar-refractivity contribution in [2.45, 2.75) is 38.8 Å². The maximum absolute atomic E-state index is 11.9. The Morgan fingerprint density at radius 3 is 2.95 bits per heavy atom. The van der Waals surface area contributed by atoms with Gasteiger partial charge in [-0.2, -0.15) is 0 Å². The first kappa shape index (κ1) is 12.5. The van der Waals surface area contributed by atoms with E-state index in [1.54, 1.807) is 4.57 Å². The van der Waals surface area contributed by atoms with Gasteiger partial charge < -0.3 is 4.42 Å². The van der Waals surface area contributed by atoms with Crippen LogP contribution in [0.4, 0.5) is 0 Å². The normalized spacial score (nSPS) is 21.0. The smallest absolute Gasteiger partial charge is 0.408 e. The number of likely N-dealkylation sites (tertiary alicyclic amines) is 1. The van der Waals surface area contributed by atoms with Gasteiger partial charge in [-0.25, -0.2) is 4.79 Å². The SMILES string of the molecule is C[C@H]1CCCCN1CCn1c(=O)oc2ccccc21. The number of aromatic nitrogens is 1. The van der Waals surface area contributed by atoms with E-state index in [2.05, 4.69) is 11.8 Å². The lowest BCUT2D eigenvalue weighted by molar-refractivity contribution is 0.154. The number of hydrogen-bond donors (Lipinski definition) is 0. The Hall–Kier alpha value is -1.55. The number of piperidine rings is 1. The van der Waals surface area contributed by atoms with Gasteiger partial charge in [-0.15, -0.1) is 0 Å². The first-order chi connectivity index (χ1) is 9.25. The van der Waals surface area contributed by atoms with Gasteiger partial charge >= 0.3 is 5.76 Å². The minimum atomic E-state index is -0.245. The molecular formula is C15H20N2O2. The molecule has 1 atom stereocenters. The van der Waals surface area contributed by atoms with Crippen LogP contribution in [-0.2, 0) is 6.54 Å². The fourth-order valence-corrected chi connectivity index (χ4v) is 2.94. The highest BCUT2D eigenvalue weighted by Gasteiger charge is 2.18. The third-order valence-electron chi connectivity index (χ3n) is 4.13. The van der Waals surface area contributed by atoms with Gasteiger partial charge in [-0.1, -0.05) is 18.6 Å². The molecule has 102 valence electrons. The number of hydrogen-bond acceptors (Lipinski definition) is 3. The molecule has 0 bridgehead atoms. The number of rotatable bonds is 3. The van der Waals surface area contributed by atoms with E-state index in [9.17, 15) is 4.79 Å². The molecule has 0 spiro atoms. The van der Waals surface area contributed by atoms with Crippen molar-refractivity contribution in [1.82, 2.24) is 9.47 Å². The molecule has 1 aliphatic heterocycles. The molecule has 0 N–H and O–H groups in total. The zero-order chi connectivity index (χ0) is 13.2. The summed E-state index contributed by atoms with van der Waals surface area (Å²) < 4.78 is 7.00. The fraction of sp³-hybridized carbons (Fsp3) is 0.533. The van der Waals surface area contributed by atoms with E-state index in [4.69, 9.17) is 4.42 Å². The van der Waals surface area contributed by atoms with Gasteiger partial charge in [0.25, 0.3) is 0 Å². The van der Waals surface area contributed by atoms with Crippen LogP contribution in [-0.4, -0.2) is 28.6 Å². The molecule has 0 aliphatic carbocycles. The highest BCUT2D eigenvalue weighted by atomic mass is 16.4. The Morgan fingerprint density at radius 2 is 2.11 bits per heavy atom. The van der Waals surface area contributed by atoms with Crippen molar-refractivity contribution in [1.29, 1.82) is 0 Å². The average Bonchev–Trinajstić information content (AvgIpc) is 2.74. The zero-order valence-corrected chi connectivity index (χ0v) is 11.3. The van der Waals surface area contributed by atoms with E-state index in [-0.39, 0.29) is 5.76 Å². The fourth-order valence-electron chi connectivity index (χ4n) is 2.94. The van der Waals surface area contributed by atoms with Crippen LogP contribution in [0.15, 0.2) is 33.5 Å². The Labute approximate surface area is 112 Å². The molecule has 1 saturated heterocycles. The lowest BCUT2D eigenvalue weighted by Crippen LogP contribution is -2.40. The molecule has 1 aliphatic rings. The van der Waals surface area contributed by atoms with Crippen LogP contribution in [0.5, 0.6) is 0 Å². The molecule has 2 heterocycles. The van der Waals surface area contributed by atoms with Gasteiger partial charge in [-0.3, -0.25) is 9.47 Å². The minimum Gasteiger partial charge on any atom is -0.408 e. The largest absolute Gasteiger partial charge is 0.419 e. The molecule has 0 unspecified atom stereocenters. The molecule has 1 aromatic carbocycles. The lowest BCUT2D eigenvalue weighted by atomic mass is 10.0. The molecule has 1 aromatic heterocycles. The second-order valence-corrected chi connectivity index (χ2v) is 5.37. The van der Waals surface area contributed by atoms with Crippen molar-refractivity contribution in [3.8, 4) is 0 Å². The van der Waals surface area contributed by atoms with Crippen molar-refractivity contribution in [2.75, 3.05) is 13.1 Å². The van der Waals surface area contributed by atoms with E-state index in [1.807, 2.05) is 24.3 Å². The number of oxazole rings is 1. The Kier molecular flexibility index (Phi) is 3.42. The Morgan fingerprint density at radius 1 is 1.26 bits per heavy atom. The average molecular weight is 260 g/mol. The quantitative estimate of drug-likeness (QED) is 0.851. The maximum Gasteiger partial charge on any atom is 0.419 e. The third kappa shape index (κ3) is 2.45. The predicted molar refractivity (Wildman–Crippen MR) is 75.4 cm³/mol. The summed E-state index contributed by atoms with van der Waals surface area (Å²) in [5.74, 6) is -0.245. The summed E-state index contributed by atoms with van der Waals surface area (Å²) in [5.41, 5.74) is 1.58. The molecule has 0 radical (unpaired) electrons. The molecule has 0 saturated carbocycles. The van der Waals surface area contributed by atoms with Gasteiger partial charge in [0, 0.05) is 19.1 Å². The molecule has 19 heavy (non-hydrogen) atoms. The molecule has 3 rings (SSSR count). The van der Waals surface area contributed by atoms with Crippen molar-refractivity contribution >= 4 is 11.1 Å². The van der Waals surface area contributed by atoms with Gasteiger partial charge in [0.05, 0.1) is 5.52 Å². The summed E-state index contributed by atoms with van der Waals surface area (Å²) >= 11 is 0. The number of fused-ring (bicyclic) bond motifs is 1. The highest BCUT2D eigenvalue weighted by Crippen LogP contribution is 2.17. The first-order valence-corrected chi connectivity index (χ1v) is 7.08. The minimum absolute atomic E-state index is 0.245. The van der Waals surface area contributed by atoms with Crippen LogP contribution in [0.2, 0.25) is 0 Å². The van der Waals surface area contributed by atoms with E-state index in [1.165, 1.54) is 19.3 Å². The summed E-state index contributed by atoms with van der Waals surface area (Å²) in [4.78, 5) is 14.3. The molecule has 4 heteroatoms. The monoisotopic (exact) mass is 260 g/mol. The van der Waals surface area contributed by atoms with Crippen molar-refractivity contribution in [3.05, 3.63) is 34.8 Å². The van der Waals surface area contributed by atoms with Crippen LogP contribution in [0.3, 0.4) is 0 Å². The van der Waals surface area contributed by atoms with Crippen LogP contribution in [0.25, 0.3) is 11.1 Å². The summed E-state index contributed by atoms with van der Waals surface area (Å²) in [6.07, 6.45) is 3.86. The van der Waals surface area contributed by atoms with Gasteiger partial charge in [0.2, 0.25) is 0 Å². The topological polar surface area (TPSA) is 38.4 Å². The summed E-state index contributed by atoms with van der Waals surface area (Å²) in [7, 11) is 0. The standard InChI is InChI=1S/C15H20N2O2/c1-12-6-4-5-9-16(12)10-11-17-13-7-2-3-8-14(13)19-15(17)18/h2-3,7-8,12H,4-6,9-11H2,1H3/t12-/m0/s1. The number of para-hydroxylation sites is 2. The van der Waals surface area contributed by atoms with Crippen LogP contribution >= 0.6 is 0 Å². The van der Waals surface area contributed by atoms with Crippen LogP contribution in [0, 0.1) is 0 Å². The van der Waals surface area contributed by atoms with Crippen molar-refractivity contribution in [3.63, 3.8) is 0 Å². The van der Waals surface area contributed by atoms with E-state index >= 15 is 0 Å². The first-order valence-electron chi connectivity index (χ1n) is 7.08. The number of nitrogens with zero attached hydrogens (tertiary/aromatic N) is 2. The van der Waals surface area contributed by atoms with Crippen molar-refractivity contribution < 1.29 is 4.42 Å². The van der Waals surface area contributed by atoms with Crippen molar-refractivity contribution in [2.24, 2.45) is 0 Å². The van der Waals surface area contributed by atoms with Gasteiger partial charge in [-0.05, 0) is 38.4 Å². The zero-order valence-electron chi connectivity index (χ0n) is 11.3. The lowest BCUT2D eigenvalue weighted by Gasteiger charge is -2.33. The second-order valence-electron chi connectivity index (χ2n) is 5.37. The van der Waals surface area contributed by atoms with E-state index in [0.717, 1.165) is 18.6 Å². The predicted octanol–water partition coefficient (Wildman–Crippen LogP) is 2.47. The number of benzene rings is 1. The highest BCUT2D eigenvalue weighted by molar-refractivity contribution is 5.72. The molecule has 4 nitrogen and oxygen atoms in total. The second kappa shape index (κ2) is 5.21. The van der Waals surface area contributed by atoms with E-state index in [0.29, 0.717) is 18.2 Å². The molecule has 1 fully saturated rings. The maximum atomic E-state index is 11.9. The van der Waals surface area contributed by atoms with E-state index < -0.39 is 0 Å². The third-order valence-corrected chi connectivity index (χ3v) is 4.13. The molecule has 0 amide bonds. The van der Waals surface area contributed by atoms with Crippen LogP contribution in [0.1, 0.15) is 26.2 Å². The summed E-state index contributed by atoms with van der Waals surface area (Å²) in [5, 5.41) is 0. The van der Waals surface area contributed by atoms with Gasteiger partial charge in [0.15, 0.2) is 5.58 Å². The Balaban J connectivity index is 1.78. The molecule has 2 aromatic rings.